The van der Waals surface area contributed by atoms with Crippen LogP contribution in [0, 0.1) is 0 Å². The Morgan fingerprint density at radius 3 is 2.64 bits per heavy atom. The van der Waals surface area contributed by atoms with Crippen LogP contribution < -0.4 is 10.6 Å². The van der Waals surface area contributed by atoms with E-state index in [0.717, 1.165) is 16.7 Å². The molecule has 0 fully saturated rings. The summed E-state index contributed by atoms with van der Waals surface area (Å²) in [5, 5.41) is 5.91. The Kier molecular flexibility index (Phi) is 5.27. The maximum atomic E-state index is 11.5. The van der Waals surface area contributed by atoms with Gasteiger partial charge in [0.2, 0.25) is 0 Å². The number of aromatic nitrogens is 2. The molecule has 0 saturated heterocycles. The van der Waals surface area contributed by atoms with Gasteiger partial charge in [-0.05, 0) is 32.9 Å². The molecule has 0 aliphatic heterocycles. The summed E-state index contributed by atoms with van der Waals surface area (Å²) in [5.41, 5.74) is 2.17. The number of ether oxygens (including phenoxy) is 1. The maximum Gasteiger partial charge on any atom is 0.407 e. The summed E-state index contributed by atoms with van der Waals surface area (Å²) < 4.78 is 5.15. The Morgan fingerprint density at radius 2 is 1.91 bits per heavy atom. The van der Waals surface area contributed by atoms with Gasteiger partial charge in [-0.15, -0.1) is 0 Å². The molecule has 2 rings (SSSR count). The number of nitrogens with zero attached hydrogens (tertiary/aromatic N) is 2. The van der Waals surface area contributed by atoms with E-state index < -0.39 is 11.7 Å². The molecular weight excluding hydrogens is 280 g/mol. The van der Waals surface area contributed by atoms with E-state index in [2.05, 4.69) is 20.6 Å². The van der Waals surface area contributed by atoms with Gasteiger partial charge < -0.3 is 15.4 Å². The SMILES string of the molecule is CC(C)(C)OC(=O)NCCNCc1cnc2ccccc2n1. The molecule has 1 aromatic carbocycles. The van der Waals surface area contributed by atoms with Crippen molar-refractivity contribution in [1.29, 1.82) is 0 Å². The minimum atomic E-state index is -0.474. The minimum Gasteiger partial charge on any atom is -0.444 e. The summed E-state index contributed by atoms with van der Waals surface area (Å²) >= 11 is 0. The van der Waals surface area contributed by atoms with Gasteiger partial charge in [-0.25, -0.2) is 9.78 Å². The first kappa shape index (κ1) is 16.2. The molecule has 0 aliphatic rings. The Labute approximate surface area is 130 Å². The molecule has 0 radical (unpaired) electrons. The van der Waals surface area contributed by atoms with Crippen molar-refractivity contribution in [2.75, 3.05) is 13.1 Å². The fourth-order valence-corrected chi connectivity index (χ4v) is 1.86. The lowest BCUT2D eigenvalue weighted by Crippen LogP contribution is -2.36. The highest BCUT2D eigenvalue weighted by molar-refractivity contribution is 5.73. The number of nitrogens with one attached hydrogen (secondary N) is 2. The largest absolute Gasteiger partial charge is 0.444 e. The number of amides is 1. The average Bonchev–Trinajstić information content (AvgIpc) is 2.45. The molecule has 0 saturated carbocycles. The summed E-state index contributed by atoms with van der Waals surface area (Å²) in [4.78, 5) is 20.3. The third-order valence-electron chi connectivity index (χ3n) is 2.77. The normalized spacial score (nSPS) is 11.4. The Balaban J connectivity index is 1.71. The second-order valence-corrected chi connectivity index (χ2v) is 5.96. The predicted octanol–water partition coefficient (Wildman–Crippen LogP) is 2.24. The first-order valence-electron chi connectivity index (χ1n) is 7.32. The fourth-order valence-electron chi connectivity index (χ4n) is 1.86. The summed E-state index contributed by atoms with van der Waals surface area (Å²) in [5.74, 6) is 0. The smallest absolute Gasteiger partial charge is 0.407 e. The van der Waals surface area contributed by atoms with Crippen LogP contribution in [0.25, 0.3) is 11.0 Å². The van der Waals surface area contributed by atoms with Gasteiger partial charge in [-0.3, -0.25) is 4.98 Å². The molecule has 0 spiro atoms. The van der Waals surface area contributed by atoms with E-state index >= 15 is 0 Å². The summed E-state index contributed by atoms with van der Waals surface area (Å²) in [7, 11) is 0. The van der Waals surface area contributed by atoms with E-state index in [1.807, 2.05) is 45.0 Å². The van der Waals surface area contributed by atoms with Crippen molar-refractivity contribution in [1.82, 2.24) is 20.6 Å². The van der Waals surface area contributed by atoms with Crippen molar-refractivity contribution in [3.63, 3.8) is 0 Å². The van der Waals surface area contributed by atoms with E-state index in [4.69, 9.17) is 4.74 Å². The van der Waals surface area contributed by atoms with E-state index in [1.165, 1.54) is 0 Å². The molecule has 2 N–H and O–H groups in total. The van der Waals surface area contributed by atoms with Crippen molar-refractivity contribution >= 4 is 17.1 Å². The van der Waals surface area contributed by atoms with Crippen LogP contribution in [0.4, 0.5) is 4.79 Å². The average molecular weight is 302 g/mol. The van der Waals surface area contributed by atoms with E-state index in [-0.39, 0.29) is 0 Å². The van der Waals surface area contributed by atoms with E-state index in [1.54, 1.807) is 6.20 Å². The van der Waals surface area contributed by atoms with Crippen molar-refractivity contribution in [2.24, 2.45) is 0 Å². The summed E-state index contributed by atoms with van der Waals surface area (Å²) in [6.07, 6.45) is 1.36. The number of para-hydroxylation sites is 2. The molecule has 2 aromatic rings. The molecule has 0 bridgehead atoms. The third kappa shape index (κ3) is 5.29. The lowest BCUT2D eigenvalue weighted by atomic mass is 10.2. The van der Waals surface area contributed by atoms with Crippen LogP contribution in [-0.4, -0.2) is 34.8 Å². The molecule has 118 valence electrons. The molecule has 22 heavy (non-hydrogen) atoms. The van der Waals surface area contributed by atoms with Gasteiger partial charge in [0.15, 0.2) is 0 Å². The lowest BCUT2D eigenvalue weighted by Gasteiger charge is -2.19. The lowest BCUT2D eigenvalue weighted by molar-refractivity contribution is 0.0528. The highest BCUT2D eigenvalue weighted by Crippen LogP contribution is 2.08. The predicted molar refractivity (Wildman–Crippen MR) is 85.5 cm³/mol. The van der Waals surface area contributed by atoms with Gasteiger partial charge in [-0.2, -0.15) is 0 Å². The van der Waals surface area contributed by atoms with Crippen LogP contribution in [-0.2, 0) is 11.3 Å². The number of alkyl carbamates (subject to hydrolysis) is 1. The molecule has 6 heteroatoms. The van der Waals surface area contributed by atoms with Gasteiger partial charge in [0.25, 0.3) is 0 Å². The Morgan fingerprint density at radius 1 is 1.18 bits per heavy atom. The van der Waals surface area contributed by atoms with Crippen LogP contribution in [0.3, 0.4) is 0 Å². The zero-order valence-corrected chi connectivity index (χ0v) is 13.2. The Hall–Kier alpha value is -2.21. The van der Waals surface area contributed by atoms with Gasteiger partial charge >= 0.3 is 6.09 Å². The van der Waals surface area contributed by atoms with Gasteiger partial charge in [-0.1, -0.05) is 12.1 Å². The van der Waals surface area contributed by atoms with Crippen LogP contribution in [0.1, 0.15) is 26.5 Å². The zero-order chi connectivity index (χ0) is 16.0. The van der Waals surface area contributed by atoms with Crippen molar-refractivity contribution in [2.45, 2.75) is 32.9 Å². The van der Waals surface area contributed by atoms with Crippen LogP contribution >= 0.6 is 0 Å². The number of carbonyl (C=O) groups excluding carboxylic acids is 1. The highest BCUT2D eigenvalue weighted by atomic mass is 16.6. The molecule has 1 amide bonds. The maximum absolute atomic E-state index is 11.5. The quantitative estimate of drug-likeness (QED) is 0.828. The first-order valence-corrected chi connectivity index (χ1v) is 7.32. The van der Waals surface area contributed by atoms with E-state index in [0.29, 0.717) is 19.6 Å². The highest BCUT2D eigenvalue weighted by Gasteiger charge is 2.15. The number of hydrogen-bond donors (Lipinski definition) is 2. The number of rotatable bonds is 5. The topological polar surface area (TPSA) is 76.1 Å². The van der Waals surface area contributed by atoms with Gasteiger partial charge in [0, 0.05) is 19.6 Å². The van der Waals surface area contributed by atoms with E-state index in [9.17, 15) is 4.79 Å². The second-order valence-electron chi connectivity index (χ2n) is 5.96. The number of benzene rings is 1. The summed E-state index contributed by atoms with van der Waals surface area (Å²) in [6.45, 7) is 7.24. The molecule has 6 nitrogen and oxygen atoms in total. The monoisotopic (exact) mass is 302 g/mol. The molecule has 1 heterocycles. The van der Waals surface area contributed by atoms with Crippen LogP contribution in [0.2, 0.25) is 0 Å². The molecule has 0 unspecified atom stereocenters. The minimum absolute atomic E-state index is 0.403. The number of fused-ring (bicyclic) bond motifs is 1. The first-order chi connectivity index (χ1) is 10.4. The molecular formula is C16H22N4O2. The van der Waals surface area contributed by atoms with Gasteiger partial charge in [0.05, 0.1) is 22.9 Å². The standard InChI is InChI=1S/C16H22N4O2/c1-16(2,3)22-15(21)18-9-8-17-10-12-11-19-13-6-4-5-7-14(13)20-12/h4-7,11,17H,8-10H2,1-3H3,(H,18,21). The number of hydrogen-bond acceptors (Lipinski definition) is 5. The second kappa shape index (κ2) is 7.17. The van der Waals surface area contributed by atoms with Gasteiger partial charge in [0.1, 0.15) is 5.60 Å². The number of carbonyl (C=O) groups is 1. The third-order valence-corrected chi connectivity index (χ3v) is 2.77. The Bertz CT molecular complexity index is 637. The van der Waals surface area contributed by atoms with Crippen molar-refractivity contribution < 1.29 is 9.53 Å². The molecule has 0 atom stereocenters. The van der Waals surface area contributed by atoms with Crippen molar-refractivity contribution in [3.8, 4) is 0 Å². The fraction of sp³-hybridized carbons (Fsp3) is 0.438. The summed E-state index contributed by atoms with van der Waals surface area (Å²) in [6, 6.07) is 7.76. The van der Waals surface area contributed by atoms with Crippen LogP contribution in [0.5, 0.6) is 0 Å². The molecule has 0 aliphatic carbocycles. The zero-order valence-electron chi connectivity index (χ0n) is 13.2. The van der Waals surface area contributed by atoms with Crippen LogP contribution in [0.15, 0.2) is 30.5 Å². The van der Waals surface area contributed by atoms with Crippen molar-refractivity contribution in [3.05, 3.63) is 36.2 Å². The molecule has 1 aromatic heterocycles.